The summed E-state index contributed by atoms with van der Waals surface area (Å²) in [5.74, 6) is 2.66. The van der Waals surface area contributed by atoms with Crippen molar-refractivity contribution in [3.05, 3.63) is 35.9 Å². The lowest BCUT2D eigenvalue weighted by Crippen LogP contribution is -2.39. The molecule has 2 aliphatic carbocycles. The minimum absolute atomic E-state index is 0.742. The predicted octanol–water partition coefficient (Wildman–Crippen LogP) is 3.18. The van der Waals surface area contributed by atoms with Crippen molar-refractivity contribution in [1.29, 1.82) is 0 Å². The molecule has 16 heavy (non-hydrogen) atoms. The Morgan fingerprint density at radius 1 is 1.12 bits per heavy atom. The van der Waals surface area contributed by atoms with E-state index in [0.717, 1.165) is 30.3 Å². The molecule has 0 radical (unpaired) electrons. The van der Waals surface area contributed by atoms with Gasteiger partial charge in [-0.1, -0.05) is 37.3 Å². The van der Waals surface area contributed by atoms with Crippen LogP contribution in [0, 0.1) is 11.8 Å². The maximum Gasteiger partial charge on any atom is 0.0167 e. The Morgan fingerprint density at radius 3 is 2.62 bits per heavy atom. The third-order valence-electron chi connectivity index (χ3n) is 4.54. The molecule has 2 aliphatic rings. The first-order chi connectivity index (χ1) is 7.90. The summed E-state index contributed by atoms with van der Waals surface area (Å²) in [4.78, 5) is 0. The molecule has 0 heterocycles. The zero-order chi connectivity index (χ0) is 11.0. The molecule has 0 spiro atoms. The van der Waals surface area contributed by atoms with Crippen LogP contribution in [-0.4, -0.2) is 12.6 Å². The van der Waals surface area contributed by atoms with Gasteiger partial charge in [-0.2, -0.15) is 0 Å². The minimum Gasteiger partial charge on any atom is -0.313 e. The zero-order valence-electron chi connectivity index (χ0n) is 10.0. The molecule has 0 amide bonds. The normalized spacial score (nSPS) is 36.8. The van der Waals surface area contributed by atoms with Gasteiger partial charge in [0, 0.05) is 12.0 Å². The van der Waals surface area contributed by atoms with E-state index >= 15 is 0 Å². The quantitative estimate of drug-likeness (QED) is 0.816. The van der Waals surface area contributed by atoms with Gasteiger partial charge in [-0.05, 0) is 43.2 Å². The van der Waals surface area contributed by atoms with Crippen LogP contribution in [0.4, 0.5) is 0 Å². The number of fused-ring (bicyclic) bond motifs is 2. The second-order valence-corrected chi connectivity index (χ2v) is 5.35. The average molecular weight is 215 g/mol. The lowest BCUT2D eigenvalue weighted by molar-refractivity contribution is 0.315. The van der Waals surface area contributed by atoms with Crippen LogP contribution in [0.2, 0.25) is 0 Å². The summed E-state index contributed by atoms with van der Waals surface area (Å²) in [6.07, 6.45) is 4.36. The number of hydrogen-bond donors (Lipinski definition) is 1. The van der Waals surface area contributed by atoms with E-state index in [9.17, 15) is 0 Å². The molecule has 0 saturated heterocycles. The zero-order valence-corrected chi connectivity index (χ0v) is 10.0. The van der Waals surface area contributed by atoms with Gasteiger partial charge >= 0.3 is 0 Å². The number of rotatable bonds is 3. The summed E-state index contributed by atoms with van der Waals surface area (Å²) < 4.78 is 0. The fraction of sp³-hybridized carbons (Fsp3) is 0.600. The Bertz CT molecular complexity index is 346. The lowest BCUT2D eigenvalue weighted by atomic mass is 9.80. The first kappa shape index (κ1) is 10.3. The van der Waals surface area contributed by atoms with E-state index in [-0.39, 0.29) is 0 Å². The number of hydrogen-bond acceptors (Lipinski definition) is 1. The fourth-order valence-corrected chi connectivity index (χ4v) is 3.98. The van der Waals surface area contributed by atoms with Crippen molar-refractivity contribution < 1.29 is 0 Å². The molecule has 86 valence electrons. The van der Waals surface area contributed by atoms with E-state index in [1.54, 1.807) is 5.56 Å². The van der Waals surface area contributed by atoms with Gasteiger partial charge in [0.25, 0.3) is 0 Å². The summed E-state index contributed by atoms with van der Waals surface area (Å²) in [5, 5.41) is 3.72. The van der Waals surface area contributed by atoms with Gasteiger partial charge in [0.05, 0.1) is 0 Å². The van der Waals surface area contributed by atoms with Crippen LogP contribution in [-0.2, 0) is 0 Å². The molecule has 1 heteroatoms. The van der Waals surface area contributed by atoms with Crippen molar-refractivity contribution in [3.63, 3.8) is 0 Å². The van der Waals surface area contributed by atoms with E-state index in [1.807, 2.05) is 0 Å². The topological polar surface area (TPSA) is 12.0 Å². The summed E-state index contributed by atoms with van der Waals surface area (Å²) in [6.45, 7) is 3.34. The number of benzene rings is 1. The maximum atomic E-state index is 3.72. The molecule has 0 aliphatic heterocycles. The van der Waals surface area contributed by atoms with Crippen LogP contribution in [0.3, 0.4) is 0 Å². The highest BCUT2D eigenvalue weighted by Crippen LogP contribution is 2.52. The van der Waals surface area contributed by atoms with E-state index in [4.69, 9.17) is 0 Å². The van der Waals surface area contributed by atoms with E-state index in [2.05, 4.69) is 42.6 Å². The summed E-state index contributed by atoms with van der Waals surface area (Å²) >= 11 is 0. The van der Waals surface area contributed by atoms with E-state index in [1.165, 1.54) is 19.3 Å². The molecule has 2 bridgehead atoms. The first-order valence-electron chi connectivity index (χ1n) is 6.68. The Morgan fingerprint density at radius 2 is 1.88 bits per heavy atom. The second-order valence-electron chi connectivity index (χ2n) is 5.35. The molecule has 1 aromatic rings. The van der Waals surface area contributed by atoms with E-state index in [0.29, 0.717) is 0 Å². The van der Waals surface area contributed by atoms with Crippen molar-refractivity contribution >= 4 is 0 Å². The molecule has 2 saturated carbocycles. The molecule has 2 fully saturated rings. The van der Waals surface area contributed by atoms with Crippen LogP contribution in [0.25, 0.3) is 0 Å². The third-order valence-corrected chi connectivity index (χ3v) is 4.54. The molecule has 3 rings (SSSR count). The van der Waals surface area contributed by atoms with Gasteiger partial charge < -0.3 is 5.32 Å². The molecular formula is C15H21N. The molecule has 1 nitrogen and oxygen atoms in total. The Balaban J connectivity index is 1.88. The number of likely N-dealkylation sites (N-methyl/N-ethyl adjacent to an activating group) is 1. The monoisotopic (exact) mass is 215 g/mol. The fourth-order valence-electron chi connectivity index (χ4n) is 3.98. The number of nitrogens with one attached hydrogen (secondary N) is 1. The Labute approximate surface area is 98.3 Å². The summed E-state index contributed by atoms with van der Waals surface area (Å²) in [5.41, 5.74) is 1.56. The highest BCUT2D eigenvalue weighted by molar-refractivity contribution is 5.26. The Kier molecular flexibility index (Phi) is 2.72. The van der Waals surface area contributed by atoms with Crippen molar-refractivity contribution in [2.24, 2.45) is 11.8 Å². The molecule has 1 N–H and O–H groups in total. The van der Waals surface area contributed by atoms with Gasteiger partial charge in [-0.3, -0.25) is 0 Å². The largest absolute Gasteiger partial charge is 0.313 e. The lowest BCUT2D eigenvalue weighted by Gasteiger charge is -2.32. The highest BCUT2D eigenvalue weighted by atomic mass is 14.9. The van der Waals surface area contributed by atoms with Crippen LogP contribution < -0.4 is 5.32 Å². The first-order valence-corrected chi connectivity index (χ1v) is 6.68. The molecule has 0 aromatic heterocycles. The standard InChI is InChI=1S/C15H21N/c1-2-16-15-13-9-8-12(10-13)14(15)11-6-4-3-5-7-11/h3-7,12-16H,2,8-10H2,1H3/t12-,13+,14+,15-/m0/s1. The smallest absolute Gasteiger partial charge is 0.0167 e. The van der Waals surface area contributed by atoms with Crippen molar-refractivity contribution in [2.45, 2.75) is 38.1 Å². The van der Waals surface area contributed by atoms with Gasteiger partial charge in [-0.15, -0.1) is 0 Å². The summed E-state index contributed by atoms with van der Waals surface area (Å²) in [6, 6.07) is 11.9. The average Bonchev–Trinajstić information content (AvgIpc) is 2.91. The van der Waals surface area contributed by atoms with Crippen molar-refractivity contribution in [3.8, 4) is 0 Å². The van der Waals surface area contributed by atoms with Crippen LogP contribution in [0.5, 0.6) is 0 Å². The Hall–Kier alpha value is -0.820. The molecule has 0 unspecified atom stereocenters. The third kappa shape index (κ3) is 1.58. The van der Waals surface area contributed by atoms with Crippen LogP contribution in [0.1, 0.15) is 37.7 Å². The van der Waals surface area contributed by atoms with Crippen LogP contribution >= 0.6 is 0 Å². The van der Waals surface area contributed by atoms with Crippen molar-refractivity contribution in [2.75, 3.05) is 6.54 Å². The molecular weight excluding hydrogens is 194 g/mol. The minimum atomic E-state index is 0.742. The van der Waals surface area contributed by atoms with Gasteiger partial charge in [-0.25, -0.2) is 0 Å². The van der Waals surface area contributed by atoms with Crippen LogP contribution in [0.15, 0.2) is 30.3 Å². The van der Waals surface area contributed by atoms with Gasteiger partial charge in [0.1, 0.15) is 0 Å². The summed E-state index contributed by atoms with van der Waals surface area (Å²) in [7, 11) is 0. The second kappa shape index (κ2) is 4.21. The maximum absolute atomic E-state index is 3.72. The van der Waals surface area contributed by atoms with Crippen molar-refractivity contribution in [1.82, 2.24) is 5.32 Å². The predicted molar refractivity (Wildman–Crippen MR) is 67.5 cm³/mol. The van der Waals surface area contributed by atoms with Gasteiger partial charge in [0.15, 0.2) is 0 Å². The van der Waals surface area contributed by atoms with Gasteiger partial charge in [0.2, 0.25) is 0 Å². The van der Waals surface area contributed by atoms with E-state index < -0.39 is 0 Å². The molecule has 1 aromatic carbocycles. The SMILES string of the molecule is CCN[C@H]1[C@@H]2CC[C@@H](C2)[C@H]1c1ccccc1. The molecule has 4 atom stereocenters. The highest BCUT2D eigenvalue weighted by Gasteiger charge is 2.47.